The Kier molecular flexibility index (Phi) is 4.60. The number of nitrogens with zero attached hydrogens (tertiary/aromatic N) is 1. The van der Waals surface area contributed by atoms with Crippen LogP contribution < -0.4 is 5.32 Å². The Labute approximate surface area is 131 Å². The summed E-state index contributed by atoms with van der Waals surface area (Å²) in [4.78, 5) is 11.9. The van der Waals surface area contributed by atoms with Gasteiger partial charge < -0.3 is 14.6 Å². The van der Waals surface area contributed by atoms with Crippen molar-refractivity contribution in [1.82, 2.24) is 9.88 Å². The highest BCUT2D eigenvalue weighted by molar-refractivity contribution is 6.07. The molecule has 1 N–H and O–H groups in total. The molecule has 1 saturated carbocycles. The van der Waals surface area contributed by atoms with Crippen molar-refractivity contribution in [2.24, 2.45) is 0 Å². The first-order chi connectivity index (χ1) is 10.7. The fourth-order valence-corrected chi connectivity index (χ4v) is 2.84. The molecule has 3 rings (SSSR count). The molecule has 1 heterocycles. The van der Waals surface area contributed by atoms with Crippen molar-refractivity contribution in [1.29, 1.82) is 0 Å². The Hall–Kier alpha value is -1.65. The summed E-state index contributed by atoms with van der Waals surface area (Å²) in [6.07, 6.45) is 5.52. The number of aromatic nitrogens is 1. The van der Waals surface area contributed by atoms with Crippen molar-refractivity contribution >= 4 is 16.7 Å². The topological polar surface area (TPSA) is 43.3 Å². The fraction of sp³-hybridized carbons (Fsp3) is 0.500. The Balaban J connectivity index is 1.88. The quantitative estimate of drug-likeness (QED) is 0.601. The molecular weight excluding hydrogens is 276 g/mol. The Morgan fingerprint density at radius 2 is 2.23 bits per heavy atom. The van der Waals surface area contributed by atoms with Crippen LogP contribution in [0.4, 0.5) is 0 Å². The van der Waals surface area contributed by atoms with Gasteiger partial charge in [0.25, 0.3) is 0 Å². The van der Waals surface area contributed by atoms with E-state index in [0.29, 0.717) is 6.04 Å². The zero-order valence-corrected chi connectivity index (χ0v) is 13.4. The maximum absolute atomic E-state index is 11.9. The molecule has 0 amide bonds. The van der Waals surface area contributed by atoms with Gasteiger partial charge in [0.1, 0.15) is 0 Å². The first kappa shape index (κ1) is 15.3. The lowest BCUT2D eigenvalue weighted by Crippen LogP contribution is -2.15. The Bertz CT molecular complexity index is 671. The molecular formula is C18H24N2O2. The minimum Gasteiger partial charge on any atom is -0.385 e. The monoisotopic (exact) mass is 300 g/mol. The molecule has 0 unspecified atom stereocenters. The standard InChI is InChI=1S/C18H24N2O2/c1-13(21)17-12-20(8-3-9-22-2)18-10-14(4-7-16(17)18)11-19-15-5-6-15/h4,7,10,12,15,19H,3,5-6,8-9,11H2,1-2H3. The molecule has 4 heteroatoms. The average Bonchev–Trinajstić information content (AvgIpc) is 3.27. The summed E-state index contributed by atoms with van der Waals surface area (Å²) in [6.45, 7) is 4.14. The van der Waals surface area contributed by atoms with Gasteiger partial charge in [-0.15, -0.1) is 0 Å². The molecule has 1 aromatic carbocycles. The third kappa shape index (κ3) is 3.39. The highest BCUT2D eigenvalue weighted by atomic mass is 16.5. The number of Topliss-reactive ketones (excluding diaryl/α,β-unsaturated/α-hetero) is 1. The van der Waals surface area contributed by atoms with Crippen molar-refractivity contribution < 1.29 is 9.53 Å². The van der Waals surface area contributed by atoms with Crippen LogP contribution in [0.1, 0.15) is 42.1 Å². The summed E-state index contributed by atoms with van der Waals surface area (Å²) in [5, 5.41) is 4.60. The number of carbonyl (C=O) groups excluding carboxylic acids is 1. The van der Waals surface area contributed by atoms with Crippen LogP contribution in [0.3, 0.4) is 0 Å². The van der Waals surface area contributed by atoms with E-state index in [4.69, 9.17) is 4.74 Å². The van der Waals surface area contributed by atoms with Gasteiger partial charge in [-0.3, -0.25) is 4.79 Å². The summed E-state index contributed by atoms with van der Waals surface area (Å²) < 4.78 is 7.32. The van der Waals surface area contributed by atoms with Gasteiger partial charge in [-0.2, -0.15) is 0 Å². The van der Waals surface area contributed by atoms with E-state index in [2.05, 4.69) is 28.1 Å². The summed E-state index contributed by atoms with van der Waals surface area (Å²) in [5.41, 5.74) is 3.24. The number of rotatable bonds is 8. The second-order valence-corrected chi connectivity index (χ2v) is 6.15. The van der Waals surface area contributed by atoms with E-state index >= 15 is 0 Å². The molecule has 4 nitrogen and oxygen atoms in total. The van der Waals surface area contributed by atoms with Gasteiger partial charge in [-0.25, -0.2) is 0 Å². The highest BCUT2D eigenvalue weighted by Gasteiger charge is 2.20. The summed E-state index contributed by atoms with van der Waals surface area (Å²) in [6, 6.07) is 7.13. The molecule has 22 heavy (non-hydrogen) atoms. The van der Waals surface area contributed by atoms with E-state index in [9.17, 15) is 4.79 Å². The van der Waals surface area contributed by atoms with Gasteiger partial charge in [0.05, 0.1) is 0 Å². The molecule has 0 atom stereocenters. The SMILES string of the molecule is COCCCn1cc(C(C)=O)c2ccc(CNC3CC3)cc21. The maximum atomic E-state index is 11.9. The smallest absolute Gasteiger partial charge is 0.161 e. The maximum Gasteiger partial charge on any atom is 0.161 e. The predicted octanol–water partition coefficient (Wildman–Crippen LogP) is 3.13. The van der Waals surface area contributed by atoms with Gasteiger partial charge in [0.2, 0.25) is 0 Å². The highest BCUT2D eigenvalue weighted by Crippen LogP contribution is 2.25. The van der Waals surface area contributed by atoms with Crippen LogP contribution in [0.15, 0.2) is 24.4 Å². The van der Waals surface area contributed by atoms with Gasteiger partial charge in [-0.05, 0) is 37.8 Å². The van der Waals surface area contributed by atoms with Crippen molar-refractivity contribution in [2.45, 2.75) is 45.3 Å². The molecule has 1 fully saturated rings. The van der Waals surface area contributed by atoms with Crippen molar-refractivity contribution in [2.75, 3.05) is 13.7 Å². The molecule has 0 radical (unpaired) electrons. The van der Waals surface area contributed by atoms with E-state index < -0.39 is 0 Å². The summed E-state index contributed by atoms with van der Waals surface area (Å²) in [7, 11) is 1.72. The van der Waals surface area contributed by atoms with Crippen LogP contribution in [-0.2, 0) is 17.8 Å². The first-order valence-corrected chi connectivity index (χ1v) is 8.04. The van der Waals surface area contributed by atoms with Crippen LogP contribution in [0, 0.1) is 0 Å². The van der Waals surface area contributed by atoms with E-state index in [1.165, 1.54) is 18.4 Å². The molecule has 0 aliphatic heterocycles. The lowest BCUT2D eigenvalue weighted by Gasteiger charge is -2.07. The first-order valence-electron chi connectivity index (χ1n) is 8.04. The van der Waals surface area contributed by atoms with Gasteiger partial charge in [-0.1, -0.05) is 12.1 Å². The molecule has 2 aromatic rings. The third-order valence-corrected chi connectivity index (χ3v) is 4.25. The van der Waals surface area contributed by atoms with Crippen molar-refractivity contribution in [3.05, 3.63) is 35.5 Å². The Morgan fingerprint density at radius 3 is 2.91 bits per heavy atom. The number of nitrogens with one attached hydrogen (secondary N) is 1. The van der Waals surface area contributed by atoms with Gasteiger partial charge in [0.15, 0.2) is 5.78 Å². The second-order valence-electron chi connectivity index (χ2n) is 6.15. The van der Waals surface area contributed by atoms with Crippen LogP contribution in [0.2, 0.25) is 0 Å². The number of hydrogen-bond acceptors (Lipinski definition) is 3. The predicted molar refractivity (Wildman–Crippen MR) is 88.3 cm³/mol. The summed E-state index contributed by atoms with van der Waals surface area (Å²) >= 11 is 0. The molecule has 1 aliphatic rings. The average molecular weight is 300 g/mol. The Morgan fingerprint density at radius 1 is 1.41 bits per heavy atom. The van der Waals surface area contributed by atoms with Crippen LogP contribution in [0.5, 0.6) is 0 Å². The molecule has 0 spiro atoms. The third-order valence-electron chi connectivity index (χ3n) is 4.25. The van der Waals surface area contributed by atoms with Crippen molar-refractivity contribution in [3.8, 4) is 0 Å². The number of fused-ring (bicyclic) bond motifs is 1. The normalized spacial score (nSPS) is 14.6. The molecule has 118 valence electrons. The number of ketones is 1. The number of aryl methyl sites for hydroxylation is 1. The lowest BCUT2D eigenvalue weighted by molar-refractivity contribution is 0.101. The molecule has 0 saturated heterocycles. The fourth-order valence-electron chi connectivity index (χ4n) is 2.84. The van der Waals surface area contributed by atoms with Crippen molar-refractivity contribution in [3.63, 3.8) is 0 Å². The zero-order chi connectivity index (χ0) is 15.5. The minimum absolute atomic E-state index is 0.124. The van der Waals surface area contributed by atoms with Gasteiger partial charge >= 0.3 is 0 Å². The van der Waals surface area contributed by atoms with E-state index in [1.807, 2.05) is 6.20 Å². The molecule has 0 bridgehead atoms. The van der Waals surface area contributed by atoms with Crippen LogP contribution >= 0.6 is 0 Å². The van der Waals surface area contributed by atoms with Crippen LogP contribution in [0.25, 0.3) is 10.9 Å². The number of methoxy groups -OCH3 is 1. The van der Waals surface area contributed by atoms with E-state index in [0.717, 1.165) is 42.6 Å². The van der Waals surface area contributed by atoms with E-state index in [1.54, 1.807) is 14.0 Å². The second kappa shape index (κ2) is 6.63. The molecule has 1 aliphatic carbocycles. The summed E-state index contributed by atoms with van der Waals surface area (Å²) in [5.74, 6) is 0.124. The van der Waals surface area contributed by atoms with Gasteiger partial charge in [0, 0.05) is 55.5 Å². The number of hydrogen-bond donors (Lipinski definition) is 1. The lowest BCUT2D eigenvalue weighted by atomic mass is 10.1. The number of carbonyl (C=O) groups is 1. The number of ether oxygens (including phenoxy) is 1. The zero-order valence-electron chi connectivity index (χ0n) is 13.4. The molecule has 1 aromatic heterocycles. The minimum atomic E-state index is 0.124. The largest absolute Gasteiger partial charge is 0.385 e. The van der Waals surface area contributed by atoms with Crippen LogP contribution in [-0.4, -0.2) is 30.1 Å². The van der Waals surface area contributed by atoms with E-state index in [-0.39, 0.29) is 5.78 Å². The number of benzene rings is 1.